The van der Waals surface area contributed by atoms with Gasteiger partial charge in [0.2, 0.25) is 0 Å². The summed E-state index contributed by atoms with van der Waals surface area (Å²) in [6.45, 7) is 2.38. The summed E-state index contributed by atoms with van der Waals surface area (Å²) in [5, 5.41) is 8.02. The molecule has 0 radical (unpaired) electrons. The number of furan rings is 1. The average molecular weight is 431 g/mol. The fourth-order valence-corrected chi connectivity index (χ4v) is 3.93. The summed E-state index contributed by atoms with van der Waals surface area (Å²) in [4.78, 5) is 18.3. The van der Waals surface area contributed by atoms with Gasteiger partial charge in [-0.15, -0.1) is 0 Å². The molecule has 164 valence electrons. The van der Waals surface area contributed by atoms with Crippen molar-refractivity contribution in [2.45, 2.75) is 38.1 Å². The Labute approximate surface area is 185 Å². The van der Waals surface area contributed by atoms with E-state index in [9.17, 15) is 4.79 Å². The van der Waals surface area contributed by atoms with Gasteiger partial charge in [-0.1, -0.05) is 35.5 Å². The van der Waals surface area contributed by atoms with Crippen molar-refractivity contribution in [3.05, 3.63) is 71.3 Å². The number of amides is 1. The Kier molecular flexibility index (Phi) is 5.49. The summed E-state index contributed by atoms with van der Waals surface area (Å²) in [7, 11) is 1.64. The first-order chi connectivity index (χ1) is 15.6. The van der Waals surface area contributed by atoms with Crippen molar-refractivity contribution in [1.29, 1.82) is 0 Å². The minimum absolute atomic E-state index is 0.213. The topological polar surface area (TPSA) is 90.4 Å². The number of benzene rings is 1. The van der Waals surface area contributed by atoms with Crippen LogP contribution in [0.15, 0.2) is 57.5 Å². The Morgan fingerprint density at radius 1 is 1.22 bits per heavy atom. The Morgan fingerprint density at radius 2 is 2.03 bits per heavy atom. The lowest BCUT2D eigenvalue weighted by Crippen LogP contribution is -2.29. The fraction of sp³-hybridized carbons (Fsp3) is 0.320. The lowest BCUT2D eigenvalue weighted by molar-refractivity contribution is 0.0918. The quantitative estimate of drug-likeness (QED) is 0.414. The van der Waals surface area contributed by atoms with Gasteiger partial charge in [-0.3, -0.25) is 4.79 Å². The van der Waals surface area contributed by atoms with E-state index in [4.69, 9.17) is 13.7 Å². The molecule has 0 spiro atoms. The minimum atomic E-state index is -0.316. The van der Waals surface area contributed by atoms with Crippen LogP contribution in [0.25, 0.3) is 22.4 Å². The largest absolute Gasteiger partial charge is 0.464 e. The maximum atomic E-state index is 13.6. The van der Waals surface area contributed by atoms with Gasteiger partial charge in [0, 0.05) is 30.9 Å². The van der Waals surface area contributed by atoms with Crippen LogP contribution in [-0.2, 0) is 4.74 Å². The molecule has 1 aromatic carbocycles. The second kappa shape index (κ2) is 8.59. The van der Waals surface area contributed by atoms with Crippen LogP contribution in [0.3, 0.4) is 0 Å². The molecule has 4 aromatic rings. The monoisotopic (exact) mass is 431 g/mol. The van der Waals surface area contributed by atoms with Gasteiger partial charge in [0.15, 0.2) is 0 Å². The van der Waals surface area contributed by atoms with E-state index in [0.29, 0.717) is 47.1 Å². The molecular weight excluding hydrogens is 406 g/mol. The lowest BCUT2D eigenvalue weighted by Gasteiger charge is -2.17. The normalized spacial score (nSPS) is 14.6. The molecule has 3 heterocycles. The van der Waals surface area contributed by atoms with Gasteiger partial charge in [0.05, 0.1) is 17.0 Å². The summed E-state index contributed by atoms with van der Waals surface area (Å²) >= 11 is 0. The number of carbonyl (C=O) groups excluding carboxylic acids is 1. The molecule has 1 amide bonds. The Bertz CT molecular complexity index is 1240. The molecule has 1 fully saturated rings. The number of methoxy groups -OCH3 is 1. The van der Waals surface area contributed by atoms with Crippen LogP contribution in [-0.4, -0.2) is 29.8 Å². The number of ether oxygens (including phenoxy) is 1. The highest BCUT2D eigenvalue weighted by atomic mass is 16.5. The maximum absolute atomic E-state index is 13.6. The second-order valence-corrected chi connectivity index (χ2v) is 8.20. The van der Waals surface area contributed by atoms with Crippen molar-refractivity contribution < 1.29 is 18.5 Å². The molecule has 1 unspecified atom stereocenters. The van der Waals surface area contributed by atoms with Gasteiger partial charge in [-0.2, -0.15) is 0 Å². The predicted octanol–water partition coefficient (Wildman–Crippen LogP) is 5.18. The first-order valence-corrected chi connectivity index (χ1v) is 10.9. The summed E-state index contributed by atoms with van der Waals surface area (Å²) in [6.07, 6.45) is 2.73. The number of fused-ring (bicyclic) bond motifs is 1. The number of rotatable bonds is 8. The smallest absolute Gasteiger partial charge is 0.259 e. The Hall–Kier alpha value is -3.45. The van der Waals surface area contributed by atoms with Crippen LogP contribution in [0.4, 0.5) is 0 Å². The second-order valence-electron chi connectivity index (χ2n) is 8.20. The maximum Gasteiger partial charge on any atom is 0.259 e. The van der Waals surface area contributed by atoms with Crippen molar-refractivity contribution in [3.63, 3.8) is 0 Å². The van der Waals surface area contributed by atoms with E-state index in [1.54, 1.807) is 7.11 Å². The molecule has 3 aromatic heterocycles. The van der Waals surface area contributed by atoms with Crippen molar-refractivity contribution in [3.8, 4) is 11.3 Å². The molecule has 0 saturated heterocycles. The lowest BCUT2D eigenvalue weighted by atomic mass is 10.0. The van der Waals surface area contributed by atoms with Gasteiger partial charge in [0.1, 0.15) is 17.2 Å². The number of pyridine rings is 1. The summed E-state index contributed by atoms with van der Waals surface area (Å²) in [5.74, 6) is 1.65. The van der Waals surface area contributed by atoms with Crippen LogP contribution in [0.5, 0.6) is 0 Å². The van der Waals surface area contributed by atoms with E-state index in [1.165, 1.54) is 0 Å². The van der Waals surface area contributed by atoms with E-state index in [-0.39, 0.29) is 11.9 Å². The molecule has 1 atom stereocenters. The highest BCUT2D eigenvalue weighted by Crippen LogP contribution is 2.41. The fourth-order valence-electron chi connectivity index (χ4n) is 3.93. The number of aromatic nitrogens is 2. The van der Waals surface area contributed by atoms with E-state index in [0.717, 1.165) is 29.9 Å². The molecule has 1 saturated carbocycles. The zero-order valence-corrected chi connectivity index (χ0v) is 18.1. The van der Waals surface area contributed by atoms with Crippen LogP contribution in [0, 0.1) is 6.92 Å². The number of nitrogens with zero attached hydrogens (tertiary/aromatic N) is 2. The van der Waals surface area contributed by atoms with E-state index in [2.05, 4.69) is 15.5 Å². The first kappa shape index (κ1) is 20.5. The third kappa shape index (κ3) is 4.03. The van der Waals surface area contributed by atoms with E-state index in [1.807, 2.05) is 55.5 Å². The van der Waals surface area contributed by atoms with Gasteiger partial charge >= 0.3 is 0 Å². The van der Waals surface area contributed by atoms with Gasteiger partial charge in [-0.05, 0) is 44.4 Å². The van der Waals surface area contributed by atoms with E-state index >= 15 is 0 Å². The zero-order chi connectivity index (χ0) is 22.1. The van der Waals surface area contributed by atoms with E-state index < -0.39 is 0 Å². The third-order valence-corrected chi connectivity index (χ3v) is 5.77. The zero-order valence-electron chi connectivity index (χ0n) is 18.1. The predicted molar refractivity (Wildman–Crippen MR) is 119 cm³/mol. The van der Waals surface area contributed by atoms with Crippen LogP contribution in [0.1, 0.15) is 58.8 Å². The number of hydrogen-bond acceptors (Lipinski definition) is 6. The van der Waals surface area contributed by atoms with Crippen molar-refractivity contribution >= 4 is 17.0 Å². The first-order valence-electron chi connectivity index (χ1n) is 10.9. The minimum Gasteiger partial charge on any atom is -0.464 e. The molecule has 7 heteroatoms. The van der Waals surface area contributed by atoms with Crippen molar-refractivity contribution in [2.24, 2.45) is 0 Å². The summed E-state index contributed by atoms with van der Waals surface area (Å²) < 4.78 is 16.6. The standard InChI is InChI=1S/C25H25N3O4/c1-15-8-11-21(31-15)19(12-13-30-2)26-24(29)18-14-20(16-9-10-16)27-25-22(18)23(28-32-25)17-6-4-3-5-7-17/h3-8,11,14,16,19H,9-10,12-13H2,1-2H3,(H,26,29). The highest BCUT2D eigenvalue weighted by molar-refractivity contribution is 6.09. The summed E-state index contributed by atoms with van der Waals surface area (Å²) in [6, 6.07) is 15.1. The molecule has 1 aliphatic carbocycles. The molecule has 1 aliphatic rings. The molecule has 0 aliphatic heterocycles. The third-order valence-electron chi connectivity index (χ3n) is 5.77. The molecule has 32 heavy (non-hydrogen) atoms. The molecule has 5 rings (SSSR count). The summed E-state index contributed by atoms with van der Waals surface area (Å²) in [5.41, 5.74) is 3.27. The average Bonchev–Trinajstić information content (AvgIpc) is 3.44. The van der Waals surface area contributed by atoms with Gasteiger partial charge in [-0.25, -0.2) is 4.98 Å². The molecule has 7 nitrogen and oxygen atoms in total. The van der Waals surface area contributed by atoms with Crippen LogP contribution < -0.4 is 5.32 Å². The van der Waals surface area contributed by atoms with Gasteiger partial charge in [0.25, 0.3) is 11.6 Å². The van der Waals surface area contributed by atoms with Crippen molar-refractivity contribution in [2.75, 3.05) is 13.7 Å². The molecule has 0 bridgehead atoms. The molecular formula is C25H25N3O4. The van der Waals surface area contributed by atoms with Crippen molar-refractivity contribution in [1.82, 2.24) is 15.5 Å². The molecule has 1 N–H and O–H groups in total. The number of aryl methyl sites for hydroxylation is 1. The van der Waals surface area contributed by atoms with Gasteiger partial charge < -0.3 is 19.0 Å². The number of carbonyl (C=O) groups is 1. The Morgan fingerprint density at radius 3 is 2.72 bits per heavy atom. The van der Waals surface area contributed by atoms with Crippen LogP contribution >= 0.6 is 0 Å². The Balaban J connectivity index is 1.56. The SMILES string of the molecule is COCCC(NC(=O)c1cc(C2CC2)nc2onc(-c3ccccc3)c12)c1ccc(C)o1. The highest BCUT2D eigenvalue weighted by Gasteiger charge is 2.30. The number of nitrogens with one attached hydrogen (secondary N) is 1. The number of hydrogen-bond donors (Lipinski definition) is 1. The van der Waals surface area contributed by atoms with Crippen LogP contribution in [0.2, 0.25) is 0 Å².